The molecule has 0 aliphatic rings. The van der Waals surface area contributed by atoms with Crippen molar-refractivity contribution in [2.45, 2.75) is 0 Å². The van der Waals surface area contributed by atoms with Gasteiger partial charge in [0.05, 0.1) is 11.2 Å². The van der Waals surface area contributed by atoms with Crippen LogP contribution in [0.25, 0.3) is 10.9 Å². The van der Waals surface area contributed by atoms with Crippen LogP contribution in [0.15, 0.2) is 85.2 Å². The molecule has 4 aromatic rings. The molecule has 0 unspecified atom stereocenters. The summed E-state index contributed by atoms with van der Waals surface area (Å²) < 4.78 is 0. The lowest BCUT2D eigenvalue weighted by Crippen LogP contribution is -2.14. The molecule has 0 bridgehead atoms. The minimum atomic E-state index is -0.306. The minimum Gasteiger partial charge on any atom is -0.321 e. The Balaban J connectivity index is 1.47. The van der Waals surface area contributed by atoms with Crippen LogP contribution in [-0.2, 0) is 0 Å². The molecule has 6 nitrogen and oxygen atoms in total. The molecular weight excluding hydrogens is 352 g/mol. The maximum atomic E-state index is 12.6. The number of nitrogens with zero attached hydrogens (tertiary/aromatic N) is 2. The van der Waals surface area contributed by atoms with Gasteiger partial charge in [0.1, 0.15) is 5.69 Å². The minimum absolute atomic E-state index is 0.249. The van der Waals surface area contributed by atoms with Crippen LogP contribution in [0.3, 0.4) is 0 Å². The molecule has 4 rings (SSSR count). The predicted octanol–water partition coefficient (Wildman–Crippen LogP) is 4.13. The van der Waals surface area contributed by atoms with Crippen LogP contribution in [0.1, 0.15) is 20.8 Å². The summed E-state index contributed by atoms with van der Waals surface area (Å²) in [5, 5.41) is 6.60. The highest BCUT2D eigenvalue weighted by atomic mass is 16.2. The SMILES string of the molecule is O=C(Nc1cccc2cccnc12)c1ccc(NC(=O)c2ccccn2)cc1. The first-order chi connectivity index (χ1) is 13.7. The van der Waals surface area contributed by atoms with Gasteiger partial charge in [-0.25, -0.2) is 0 Å². The van der Waals surface area contributed by atoms with Crippen molar-refractivity contribution in [2.75, 3.05) is 10.6 Å². The summed E-state index contributed by atoms with van der Waals surface area (Å²) in [4.78, 5) is 33.1. The van der Waals surface area contributed by atoms with E-state index < -0.39 is 0 Å². The molecule has 0 radical (unpaired) electrons. The Hall–Kier alpha value is -4.06. The van der Waals surface area contributed by atoms with Crippen molar-refractivity contribution in [3.05, 3.63) is 96.4 Å². The molecule has 2 aromatic heterocycles. The van der Waals surface area contributed by atoms with E-state index in [9.17, 15) is 9.59 Å². The zero-order valence-corrected chi connectivity index (χ0v) is 14.8. The molecule has 0 atom stereocenters. The number of nitrogens with one attached hydrogen (secondary N) is 2. The Morgan fingerprint density at radius 2 is 1.46 bits per heavy atom. The average molecular weight is 368 g/mol. The zero-order valence-electron chi connectivity index (χ0n) is 14.8. The summed E-state index contributed by atoms with van der Waals surface area (Å²) in [7, 11) is 0. The Morgan fingerprint density at radius 1 is 0.679 bits per heavy atom. The number of hydrogen-bond donors (Lipinski definition) is 2. The molecule has 2 aromatic carbocycles. The van der Waals surface area contributed by atoms with Crippen LogP contribution in [0.5, 0.6) is 0 Å². The quantitative estimate of drug-likeness (QED) is 0.567. The van der Waals surface area contributed by atoms with Crippen molar-refractivity contribution >= 4 is 34.1 Å². The molecule has 136 valence electrons. The van der Waals surface area contributed by atoms with E-state index in [1.165, 1.54) is 0 Å². The van der Waals surface area contributed by atoms with Crippen LogP contribution in [0.4, 0.5) is 11.4 Å². The molecule has 0 spiro atoms. The normalized spacial score (nSPS) is 10.4. The molecule has 2 N–H and O–H groups in total. The fourth-order valence-electron chi connectivity index (χ4n) is 2.80. The fraction of sp³-hybridized carbons (Fsp3) is 0. The van der Waals surface area contributed by atoms with Crippen LogP contribution >= 0.6 is 0 Å². The van der Waals surface area contributed by atoms with E-state index >= 15 is 0 Å². The lowest BCUT2D eigenvalue weighted by molar-refractivity contribution is 0.101. The maximum Gasteiger partial charge on any atom is 0.274 e. The lowest BCUT2D eigenvalue weighted by Gasteiger charge is -2.09. The van der Waals surface area contributed by atoms with Gasteiger partial charge in [-0.3, -0.25) is 19.6 Å². The van der Waals surface area contributed by atoms with Crippen LogP contribution in [0, 0.1) is 0 Å². The van der Waals surface area contributed by atoms with Crippen LogP contribution < -0.4 is 10.6 Å². The van der Waals surface area contributed by atoms with Gasteiger partial charge in [-0.2, -0.15) is 0 Å². The van der Waals surface area contributed by atoms with E-state index in [-0.39, 0.29) is 11.8 Å². The number of carbonyl (C=O) groups excluding carboxylic acids is 2. The van der Waals surface area contributed by atoms with Gasteiger partial charge >= 0.3 is 0 Å². The van der Waals surface area contributed by atoms with Gasteiger partial charge in [0.2, 0.25) is 0 Å². The van der Waals surface area contributed by atoms with E-state index in [4.69, 9.17) is 0 Å². The third-order valence-electron chi connectivity index (χ3n) is 4.18. The third kappa shape index (κ3) is 3.71. The largest absolute Gasteiger partial charge is 0.321 e. The molecule has 28 heavy (non-hydrogen) atoms. The number of amides is 2. The number of pyridine rings is 2. The summed E-state index contributed by atoms with van der Waals surface area (Å²) in [5.41, 5.74) is 2.77. The predicted molar refractivity (Wildman–Crippen MR) is 108 cm³/mol. The van der Waals surface area contributed by atoms with Gasteiger partial charge in [-0.1, -0.05) is 24.3 Å². The summed E-state index contributed by atoms with van der Waals surface area (Å²) >= 11 is 0. The first-order valence-corrected chi connectivity index (χ1v) is 8.68. The van der Waals surface area contributed by atoms with Gasteiger partial charge in [-0.15, -0.1) is 0 Å². The highest BCUT2D eigenvalue weighted by Gasteiger charge is 2.10. The number of aromatic nitrogens is 2. The molecular formula is C22H16N4O2. The second-order valence-electron chi connectivity index (χ2n) is 6.08. The summed E-state index contributed by atoms with van der Waals surface area (Å²) in [5.74, 6) is -0.555. The van der Waals surface area contributed by atoms with E-state index in [1.807, 2.05) is 30.3 Å². The molecule has 0 aliphatic carbocycles. The smallest absolute Gasteiger partial charge is 0.274 e. The number of carbonyl (C=O) groups is 2. The maximum absolute atomic E-state index is 12.6. The molecule has 0 aliphatic heterocycles. The van der Waals surface area contributed by atoms with E-state index in [1.54, 1.807) is 54.9 Å². The topological polar surface area (TPSA) is 84.0 Å². The first-order valence-electron chi connectivity index (χ1n) is 8.68. The molecule has 0 fully saturated rings. The van der Waals surface area contributed by atoms with E-state index in [0.717, 1.165) is 10.9 Å². The lowest BCUT2D eigenvalue weighted by atomic mass is 10.1. The number of fused-ring (bicyclic) bond motifs is 1. The Labute approximate surface area is 161 Å². The highest BCUT2D eigenvalue weighted by Crippen LogP contribution is 2.21. The number of para-hydroxylation sites is 1. The zero-order chi connectivity index (χ0) is 19.3. The summed E-state index contributed by atoms with van der Waals surface area (Å²) in [6.45, 7) is 0. The number of hydrogen-bond acceptors (Lipinski definition) is 4. The third-order valence-corrected chi connectivity index (χ3v) is 4.18. The van der Waals surface area contributed by atoms with E-state index in [2.05, 4.69) is 20.6 Å². The summed E-state index contributed by atoms with van der Waals surface area (Å²) in [6, 6.07) is 21.2. The second-order valence-corrected chi connectivity index (χ2v) is 6.08. The molecule has 2 heterocycles. The van der Waals surface area contributed by atoms with Gasteiger partial charge in [0.25, 0.3) is 11.8 Å². The van der Waals surface area contributed by atoms with Crippen molar-refractivity contribution < 1.29 is 9.59 Å². The standard InChI is InChI=1S/C22H16N4O2/c27-21(26-18-8-3-5-15-6-4-14-24-20(15)18)16-9-11-17(12-10-16)25-22(28)19-7-1-2-13-23-19/h1-14H,(H,25,28)(H,26,27). The Morgan fingerprint density at radius 3 is 2.25 bits per heavy atom. The fourth-order valence-corrected chi connectivity index (χ4v) is 2.80. The van der Waals surface area contributed by atoms with Crippen LogP contribution in [-0.4, -0.2) is 21.8 Å². The first kappa shape index (κ1) is 17.4. The highest BCUT2D eigenvalue weighted by molar-refractivity contribution is 6.08. The monoisotopic (exact) mass is 368 g/mol. The van der Waals surface area contributed by atoms with Crippen LogP contribution in [0.2, 0.25) is 0 Å². The van der Waals surface area contributed by atoms with E-state index in [0.29, 0.717) is 22.6 Å². The van der Waals surface area contributed by atoms with Gasteiger partial charge in [0, 0.05) is 29.0 Å². The summed E-state index contributed by atoms with van der Waals surface area (Å²) in [6.07, 6.45) is 3.25. The molecule has 6 heteroatoms. The Kier molecular flexibility index (Phi) is 4.76. The number of benzene rings is 2. The average Bonchev–Trinajstić information content (AvgIpc) is 2.75. The molecule has 2 amide bonds. The van der Waals surface area contributed by atoms with Crippen molar-refractivity contribution in [3.8, 4) is 0 Å². The molecule has 0 saturated carbocycles. The van der Waals surface area contributed by atoms with Crippen molar-refractivity contribution in [2.24, 2.45) is 0 Å². The number of rotatable bonds is 4. The van der Waals surface area contributed by atoms with Gasteiger partial charge in [-0.05, 0) is 48.5 Å². The van der Waals surface area contributed by atoms with Crippen molar-refractivity contribution in [1.82, 2.24) is 9.97 Å². The second kappa shape index (κ2) is 7.67. The Bertz CT molecular complexity index is 1140. The van der Waals surface area contributed by atoms with Crippen molar-refractivity contribution in [3.63, 3.8) is 0 Å². The van der Waals surface area contributed by atoms with Crippen molar-refractivity contribution in [1.29, 1.82) is 0 Å². The van der Waals surface area contributed by atoms with Gasteiger partial charge < -0.3 is 10.6 Å². The number of anilines is 2. The van der Waals surface area contributed by atoms with Gasteiger partial charge in [0.15, 0.2) is 0 Å². The molecule has 0 saturated heterocycles.